The Morgan fingerprint density at radius 3 is 3.00 bits per heavy atom. The third-order valence-corrected chi connectivity index (χ3v) is 3.29. The predicted octanol–water partition coefficient (Wildman–Crippen LogP) is 1.69. The molecule has 5 heteroatoms. The molecule has 1 aromatic rings. The molecule has 0 amide bonds. The van der Waals surface area contributed by atoms with E-state index in [-0.39, 0.29) is 11.6 Å². The number of morpholine rings is 1. The summed E-state index contributed by atoms with van der Waals surface area (Å²) in [6, 6.07) is 3.11. The Hall–Kier alpha value is -1.04. The third-order valence-electron chi connectivity index (χ3n) is 3.29. The Balaban J connectivity index is 2.06. The summed E-state index contributed by atoms with van der Waals surface area (Å²) >= 11 is 0. The van der Waals surface area contributed by atoms with E-state index in [1.807, 2.05) is 6.92 Å². The van der Waals surface area contributed by atoms with Gasteiger partial charge in [0.2, 0.25) is 0 Å². The average Bonchev–Trinajstić information content (AvgIpc) is 2.35. The molecule has 2 unspecified atom stereocenters. The van der Waals surface area contributed by atoms with Gasteiger partial charge in [0.25, 0.3) is 0 Å². The average molecular weight is 256 g/mol. The Morgan fingerprint density at radius 1 is 1.50 bits per heavy atom. The first-order valence-electron chi connectivity index (χ1n) is 6.10. The molecule has 1 aliphatic rings. The van der Waals surface area contributed by atoms with Crippen molar-refractivity contribution in [3.8, 4) is 0 Å². The van der Waals surface area contributed by atoms with Crippen molar-refractivity contribution in [2.45, 2.75) is 19.0 Å². The summed E-state index contributed by atoms with van der Waals surface area (Å²) in [6.07, 6.45) is 0. The maximum absolute atomic E-state index is 13.6. The summed E-state index contributed by atoms with van der Waals surface area (Å²) < 4.78 is 32.0. The minimum absolute atomic E-state index is 0.230. The van der Waals surface area contributed by atoms with Crippen LogP contribution in [0, 0.1) is 11.6 Å². The van der Waals surface area contributed by atoms with Crippen molar-refractivity contribution in [2.75, 3.05) is 26.3 Å². The van der Waals surface area contributed by atoms with E-state index in [9.17, 15) is 8.78 Å². The van der Waals surface area contributed by atoms with E-state index in [0.29, 0.717) is 19.8 Å². The van der Waals surface area contributed by atoms with Crippen LogP contribution in [0.5, 0.6) is 0 Å². The van der Waals surface area contributed by atoms with Gasteiger partial charge >= 0.3 is 0 Å². The van der Waals surface area contributed by atoms with Gasteiger partial charge in [-0.1, -0.05) is 0 Å². The van der Waals surface area contributed by atoms with E-state index in [1.54, 1.807) is 0 Å². The second-order valence-electron chi connectivity index (χ2n) is 4.69. The highest BCUT2D eigenvalue weighted by molar-refractivity contribution is 5.22. The monoisotopic (exact) mass is 256 g/mol. The minimum atomic E-state index is -0.527. The molecular weight excluding hydrogens is 238 g/mol. The maximum atomic E-state index is 13.6. The van der Waals surface area contributed by atoms with Crippen molar-refractivity contribution in [1.82, 2.24) is 4.90 Å². The maximum Gasteiger partial charge on any atom is 0.128 e. The van der Waals surface area contributed by atoms with Crippen LogP contribution in [0.15, 0.2) is 18.2 Å². The molecular formula is C13H18F2N2O. The molecule has 1 heterocycles. The Morgan fingerprint density at radius 2 is 2.28 bits per heavy atom. The molecule has 1 fully saturated rings. The Labute approximate surface area is 106 Å². The van der Waals surface area contributed by atoms with Crippen LogP contribution in [0.3, 0.4) is 0 Å². The molecule has 0 saturated carbocycles. The van der Waals surface area contributed by atoms with Crippen LogP contribution < -0.4 is 5.73 Å². The normalized spacial score (nSPS) is 23.0. The van der Waals surface area contributed by atoms with Gasteiger partial charge in [-0.25, -0.2) is 8.78 Å². The zero-order chi connectivity index (χ0) is 13.1. The van der Waals surface area contributed by atoms with Crippen LogP contribution >= 0.6 is 0 Å². The largest absolute Gasteiger partial charge is 0.379 e. The third kappa shape index (κ3) is 3.04. The highest BCUT2D eigenvalue weighted by Gasteiger charge is 2.22. The first kappa shape index (κ1) is 13.4. The molecule has 2 rings (SSSR count). The lowest BCUT2D eigenvalue weighted by Gasteiger charge is -2.35. The molecule has 1 aromatic carbocycles. The molecule has 0 spiro atoms. The quantitative estimate of drug-likeness (QED) is 0.894. The van der Waals surface area contributed by atoms with E-state index in [2.05, 4.69) is 4.90 Å². The fourth-order valence-electron chi connectivity index (χ4n) is 2.18. The summed E-state index contributed by atoms with van der Waals surface area (Å²) in [4.78, 5) is 2.14. The Kier molecular flexibility index (Phi) is 4.27. The topological polar surface area (TPSA) is 38.5 Å². The number of benzene rings is 1. The van der Waals surface area contributed by atoms with E-state index in [1.165, 1.54) is 6.07 Å². The van der Waals surface area contributed by atoms with Crippen LogP contribution in [0.1, 0.15) is 18.5 Å². The van der Waals surface area contributed by atoms with Crippen LogP contribution in [0.2, 0.25) is 0 Å². The smallest absolute Gasteiger partial charge is 0.128 e. The molecule has 0 aliphatic carbocycles. The van der Waals surface area contributed by atoms with Crippen molar-refractivity contribution in [3.05, 3.63) is 35.4 Å². The lowest BCUT2D eigenvalue weighted by molar-refractivity contribution is -0.00294. The summed E-state index contributed by atoms with van der Waals surface area (Å²) in [6.45, 7) is 4.62. The molecule has 18 heavy (non-hydrogen) atoms. The summed E-state index contributed by atoms with van der Waals surface area (Å²) in [5.41, 5.74) is 6.20. The standard InChI is InChI=1S/C13H18F2N2O/c1-9-8-18-5-4-17(9)7-13(16)11-6-10(14)2-3-12(11)15/h2-3,6,9,13H,4-5,7-8,16H2,1H3. The summed E-state index contributed by atoms with van der Waals surface area (Å²) in [5, 5.41) is 0. The predicted molar refractivity (Wildman–Crippen MR) is 65.1 cm³/mol. The van der Waals surface area contributed by atoms with Crippen LogP contribution in [-0.2, 0) is 4.74 Å². The molecule has 0 aromatic heterocycles. The lowest BCUT2D eigenvalue weighted by Crippen LogP contribution is -2.46. The number of hydrogen-bond acceptors (Lipinski definition) is 3. The number of ether oxygens (including phenoxy) is 1. The molecule has 2 N–H and O–H groups in total. The molecule has 2 atom stereocenters. The first-order valence-corrected chi connectivity index (χ1v) is 6.10. The van der Waals surface area contributed by atoms with Crippen LogP contribution in [0.4, 0.5) is 8.78 Å². The van der Waals surface area contributed by atoms with Gasteiger partial charge in [0.1, 0.15) is 11.6 Å². The number of halogens is 2. The fraction of sp³-hybridized carbons (Fsp3) is 0.538. The van der Waals surface area contributed by atoms with E-state index >= 15 is 0 Å². The van der Waals surface area contributed by atoms with Crippen molar-refractivity contribution in [2.24, 2.45) is 5.73 Å². The SMILES string of the molecule is CC1COCCN1CC(N)c1cc(F)ccc1F. The van der Waals surface area contributed by atoms with Gasteiger partial charge in [-0.2, -0.15) is 0 Å². The second kappa shape index (κ2) is 5.73. The van der Waals surface area contributed by atoms with Crippen LogP contribution in [0.25, 0.3) is 0 Å². The van der Waals surface area contributed by atoms with E-state index in [0.717, 1.165) is 18.7 Å². The number of hydrogen-bond donors (Lipinski definition) is 1. The fourth-order valence-corrected chi connectivity index (χ4v) is 2.18. The van der Waals surface area contributed by atoms with Gasteiger partial charge in [-0.3, -0.25) is 4.90 Å². The second-order valence-corrected chi connectivity index (χ2v) is 4.69. The summed E-state index contributed by atoms with van der Waals surface area (Å²) in [7, 11) is 0. The Bertz CT molecular complexity index is 414. The molecule has 100 valence electrons. The number of nitrogens with zero attached hydrogens (tertiary/aromatic N) is 1. The van der Waals surface area contributed by atoms with E-state index < -0.39 is 17.7 Å². The van der Waals surface area contributed by atoms with Gasteiger partial charge < -0.3 is 10.5 Å². The summed E-state index contributed by atoms with van der Waals surface area (Å²) in [5.74, 6) is -0.915. The highest BCUT2D eigenvalue weighted by Crippen LogP contribution is 2.19. The van der Waals surface area contributed by atoms with Gasteiger partial charge in [-0.15, -0.1) is 0 Å². The molecule has 1 saturated heterocycles. The molecule has 3 nitrogen and oxygen atoms in total. The van der Waals surface area contributed by atoms with Crippen molar-refractivity contribution in [1.29, 1.82) is 0 Å². The lowest BCUT2D eigenvalue weighted by atomic mass is 10.1. The zero-order valence-corrected chi connectivity index (χ0v) is 10.4. The minimum Gasteiger partial charge on any atom is -0.379 e. The van der Waals surface area contributed by atoms with Gasteiger partial charge in [0, 0.05) is 30.7 Å². The molecule has 0 bridgehead atoms. The molecule has 0 radical (unpaired) electrons. The van der Waals surface area contributed by atoms with Crippen LogP contribution in [-0.4, -0.2) is 37.2 Å². The first-order chi connectivity index (χ1) is 8.58. The number of nitrogens with two attached hydrogens (primary N) is 1. The highest BCUT2D eigenvalue weighted by atomic mass is 19.1. The van der Waals surface area contributed by atoms with Gasteiger partial charge in [0.05, 0.1) is 13.2 Å². The van der Waals surface area contributed by atoms with Crippen molar-refractivity contribution >= 4 is 0 Å². The molecule has 1 aliphatic heterocycles. The van der Waals surface area contributed by atoms with E-state index in [4.69, 9.17) is 10.5 Å². The van der Waals surface area contributed by atoms with Crippen molar-refractivity contribution < 1.29 is 13.5 Å². The van der Waals surface area contributed by atoms with Crippen molar-refractivity contribution in [3.63, 3.8) is 0 Å². The van der Waals surface area contributed by atoms with Gasteiger partial charge in [0.15, 0.2) is 0 Å². The van der Waals surface area contributed by atoms with Gasteiger partial charge in [-0.05, 0) is 25.1 Å². The number of rotatable bonds is 3. The zero-order valence-electron chi connectivity index (χ0n) is 10.4.